The minimum Gasteiger partial charge on any atom is -0.313 e. The molecule has 0 saturated heterocycles. The zero-order chi connectivity index (χ0) is 15.7. The van der Waals surface area contributed by atoms with Crippen molar-refractivity contribution in [1.29, 1.82) is 0 Å². The molecule has 0 radical (unpaired) electrons. The second kappa shape index (κ2) is 9.12. The van der Waals surface area contributed by atoms with Gasteiger partial charge < -0.3 is 5.32 Å². The van der Waals surface area contributed by atoms with Gasteiger partial charge in [-0.1, -0.05) is 32.8 Å². The lowest BCUT2D eigenvalue weighted by atomic mass is 10.2. The molecule has 2 N–H and O–H groups in total. The third-order valence-corrected chi connectivity index (χ3v) is 4.59. The van der Waals surface area contributed by atoms with Gasteiger partial charge in [0.15, 0.2) is 0 Å². The number of rotatable bonds is 10. The summed E-state index contributed by atoms with van der Waals surface area (Å²) in [5.41, 5.74) is 0.763. The van der Waals surface area contributed by atoms with Crippen LogP contribution < -0.4 is 10.0 Å². The Kier molecular flexibility index (Phi) is 7.85. The van der Waals surface area contributed by atoms with Crippen LogP contribution >= 0.6 is 0 Å². The summed E-state index contributed by atoms with van der Waals surface area (Å²) in [6.45, 7) is 5.81. The lowest BCUT2D eigenvalue weighted by molar-refractivity contribution is 0.552. The van der Waals surface area contributed by atoms with E-state index in [-0.39, 0.29) is 4.90 Å². The van der Waals surface area contributed by atoms with Gasteiger partial charge in [-0.25, -0.2) is 17.5 Å². The lowest BCUT2D eigenvalue weighted by Gasteiger charge is -2.10. The molecule has 0 unspecified atom stereocenters. The van der Waals surface area contributed by atoms with E-state index in [1.807, 2.05) is 13.8 Å². The molecule has 1 aromatic rings. The Morgan fingerprint density at radius 1 is 1.10 bits per heavy atom. The van der Waals surface area contributed by atoms with Crippen molar-refractivity contribution >= 4 is 10.0 Å². The quantitative estimate of drug-likeness (QED) is 0.653. The van der Waals surface area contributed by atoms with E-state index in [0.717, 1.165) is 37.8 Å². The van der Waals surface area contributed by atoms with E-state index in [9.17, 15) is 12.8 Å². The van der Waals surface area contributed by atoms with E-state index >= 15 is 0 Å². The first-order valence-corrected chi connectivity index (χ1v) is 8.98. The molecule has 21 heavy (non-hydrogen) atoms. The van der Waals surface area contributed by atoms with Gasteiger partial charge in [-0.3, -0.25) is 0 Å². The molecule has 0 bridgehead atoms. The molecule has 1 aromatic carbocycles. The molecule has 0 aliphatic carbocycles. The van der Waals surface area contributed by atoms with Crippen LogP contribution in [0, 0.1) is 5.82 Å². The maximum atomic E-state index is 13.8. The van der Waals surface area contributed by atoms with Gasteiger partial charge in [-0.05, 0) is 37.1 Å². The Morgan fingerprint density at radius 2 is 1.86 bits per heavy atom. The Morgan fingerprint density at radius 3 is 2.52 bits per heavy atom. The van der Waals surface area contributed by atoms with Crippen molar-refractivity contribution in [2.75, 3.05) is 13.1 Å². The number of benzene rings is 1. The molecule has 0 spiro atoms. The summed E-state index contributed by atoms with van der Waals surface area (Å²) >= 11 is 0. The summed E-state index contributed by atoms with van der Waals surface area (Å²) in [6.07, 6.45) is 3.71. The lowest BCUT2D eigenvalue weighted by Crippen LogP contribution is -2.26. The van der Waals surface area contributed by atoms with Gasteiger partial charge in [0.2, 0.25) is 10.0 Å². The van der Waals surface area contributed by atoms with Gasteiger partial charge in [0.1, 0.15) is 10.7 Å². The van der Waals surface area contributed by atoms with Crippen LogP contribution in [0.15, 0.2) is 23.1 Å². The van der Waals surface area contributed by atoms with Crippen LogP contribution in [0.5, 0.6) is 0 Å². The monoisotopic (exact) mass is 316 g/mol. The molecule has 0 aliphatic heterocycles. The molecule has 0 amide bonds. The van der Waals surface area contributed by atoms with E-state index in [1.165, 1.54) is 12.1 Å². The van der Waals surface area contributed by atoms with Crippen LogP contribution in [0.25, 0.3) is 0 Å². The van der Waals surface area contributed by atoms with E-state index < -0.39 is 15.8 Å². The largest absolute Gasteiger partial charge is 0.313 e. The number of unbranched alkanes of at least 4 members (excludes halogenated alkanes) is 2. The van der Waals surface area contributed by atoms with Crippen molar-refractivity contribution in [3.63, 3.8) is 0 Å². The van der Waals surface area contributed by atoms with Crippen LogP contribution in [0.2, 0.25) is 0 Å². The van der Waals surface area contributed by atoms with Gasteiger partial charge in [0, 0.05) is 13.1 Å². The highest BCUT2D eigenvalue weighted by atomic mass is 32.2. The molecule has 4 nitrogen and oxygen atoms in total. The van der Waals surface area contributed by atoms with E-state index in [0.29, 0.717) is 13.1 Å². The first-order chi connectivity index (χ1) is 10.0. The summed E-state index contributed by atoms with van der Waals surface area (Å²) in [6, 6.07) is 4.22. The summed E-state index contributed by atoms with van der Waals surface area (Å²) < 4.78 is 40.5. The molecule has 0 saturated carbocycles. The molecular formula is C15H25FN2O2S. The molecule has 0 aromatic heterocycles. The zero-order valence-electron chi connectivity index (χ0n) is 12.8. The second-order valence-corrected chi connectivity index (χ2v) is 6.78. The molecule has 1 rings (SSSR count). The third kappa shape index (κ3) is 6.11. The van der Waals surface area contributed by atoms with Crippen LogP contribution in [-0.4, -0.2) is 21.5 Å². The van der Waals surface area contributed by atoms with E-state index in [4.69, 9.17) is 0 Å². The summed E-state index contributed by atoms with van der Waals surface area (Å²) in [4.78, 5) is -0.269. The number of hydrogen-bond donors (Lipinski definition) is 2. The molecule has 0 heterocycles. The minimum absolute atomic E-state index is 0.269. The van der Waals surface area contributed by atoms with E-state index in [1.54, 1.807) is 6.07 Å². The topological polar surface area (TPSA) is 58.2 Å². The fourth-order valence-corrected chi connectivity index (χ4v) is 3.13. The van der Waals surface area contributed by atoms with Crippen molar-refractivity contribution in [3.05, 3.63) is 29.6 Å². The fourth-order valence-electron chi connectivity index (χ4n) is 1.93. The minimum atomic E-state index is -3.78. The average molecular weight is 316 g/mol. The standard InChI is InChI=1S/C15H25FN2O2S/c1-3-5-6-10-18-21(19,20)15-11-13(7-8-14(15)16)12-17-9-4-2/h7-8,11,17-18H,3-6,9-10,12H2,1-2H3. The first-order valence-electron chi connectivity index (χ1n) is 7.50. The second-order valence-electron chi connectivity index (χ2n) is 5.05. The van der Waals surface area contributed by atoms with Crippen LogP contribution in [-0.2, 0) is 16.6 Å². The fraction of sp³-hybridized carbons (Fsp3) is 0.600. The van der Waals surface area contributed by atoms with Gasteiger partial charge in [0.05, 0.1) is 0 Å². The number of hydrogen-bond acceptors (Lipinski definition) is 3. The van der Waals surface area contributed by atoms with Crippen molar-refractivity contribution < 1.29 is 12.8 Å². The molecule has 0 atom stereocenters. The Bertz CT molecular complexity index is 532. The number of nitrogens with one attached hydrogen (secondary N) is 2. The van der Waals surface area contributed by atoms with Crippen LogP contribution in [0.1, 0.15) is 45.1 Å². The predicted molar refractivity (Wildman–Crippen MR) is 83.1 cm³/mol. The smallest absolute Gasteiger partial charge is 0.243 e. The highest BCUT2D eigenvalue weighted by Gasteiger charge is 2.18. The Labute approximate surface area is 127 Å². The van der Waals surface area contributed by atoms with Crippen molar-refractivity contribution in [3.8, 4) is 0 Å². The van der Waals surface area contributed by atoms with Gasteiger partial charge in [0.25, 0.3) is 0 Å². The van der Waals surface area contributed by atoms with Crippen molar-refractivity contribution in [1.82, 2.24) is 10.0 Å². The van der Waals surface area contributed by atoms with Gasteiger partial charge in [-0.2, -0.15) is 0 Å². The molecule has 120 valence electrons. The molecular weight excluding hydrogens is 291 g/mol. The van der Waals surface area contributed by atoms with Gasteiger partial charge >= 0.3 is 0 Å². The SMILES string of the molecule is CCCCCNS(=O)(=O)c1cc(CNCCC)ccc1F. The molecule has 6 heteroatoms. The summed E-state index contributed by atoms with van der Waals surface area (Å²) in [7, 11) is -3.78. The highest BCUT2D eigenvalue weighted by molar-refractivity contribution is 7.89. The zero-order valence-corrected chi connectivity index (χ0v) is 13.6. The van der Waals surface area contributed by atoms with Crippen molar-refractivity contribution in [2.24, 2.45) is 0 Å². The van der Waals surface area contributed by atoms with Crippen LogP contribution in [0.4, 0.5) is 4.39 Å². The van der Waals surface area contributed by atoms with E-state index in [2.05, 4.69) is 10.0 Å². The maximum absolute atomic E-state index is 13.8. The van der Waals surface area contributed by atoms with Crippen molar-refractivity contribution in [2.45, 2.75) is 51.0 Å². The molecule has 0 aliphatic rings. The molecule has 0 fully saturated rings. The average Bonchev–Trinajstić information content (AvgIpc) is 2.45. The maximum Gasteiger partial charge on any atom is 0.243 e. The van der Waals surface area contributed by atoms with Crippen LogP contribution in [0.3, 0.4) is 0 Å². The summed E-state index contributed by atoms with van der Waals surface area (Å²) in [5.74, 6) is -0.711. The summed E-state index contributed by atoms with van der Waals surface area (Å²) in [5, 5.41) is 3.17. The van der Waals surface area contributed by atoms with Gasteiger partial charge in [-0.15, -0.1) is 0 Å². The Balaban J connectivity index is 2.77. The normalized spacial score (nSPS) is 11.8. The Hall–Kier alpha value is -0.980. The highest BCUT2D eigenvalue weighted by Crippen LogP contribution is 2.16. The predicted octanol–water partition coefficient (Wildman–Crippen LogP) is 2.79. The number of sulfonamides is 1. The third-order valence-electron chi connectivity index (χ3n) is 3.11. The first kappa shape index (κ1) is 18.1. The number of halogens is 1.